The highest BCUT2D eigenvalue weighted by atomic mass is 16.2. The van der Waals surface area contributed by atoms with Crippen molar-refractivity contribution in [3.63, 3.8) is 0 Å². The van der Waals surface area contributed by atoms with Crippen molar-refractivity contribution < 1.29 is 4.79 Å². The van der Waals surface area contributed by atoms with Crippen LogP contribution in [0.25, 0.3) is 0 Å². The number of urea groups is 1. The van der Waals surface area contributed by atoms with Crippen molar-refractivity contribution in [2.24, 2.45) is 11.8 Å². The van der Waals surface area contributed by atoms with E-state index in [0.717, 1.165) is 13.0 Å². The van der Waals surface area contributed by atoms with E-state index in [0.29, 0.717) is 17.9 Å². The second-order valence-electron chi connectivity index (χ2n) is 5.26. The molecule has 0 radical (unpaired) electrons. The number of carbonyl (C=O) groups excluding carboxylic acids is 1. The molecule has 2 unspecified atom stereocenters. The van der Waals surface area contributed by atoms with E-state index in [4.69, 9.17) is 0 Å². The van der Waals surface area contributed by atoms with Gasteiger partial charge in [0.1, 0.15) is 0 Å². The standard InChI is InChI=1S/C13H26N2O/c1-5-15(4)13(16)14-12-9-7-6-8-11(12)10(2)3/h10-12H,5-9H2,1-4H3,(H,14,16). The van der Waals surface area contributed by atoms with Crippen molar-refractivity contribution in [2.45, 2.75) is 52.5 Å². The predicted molar refractivity (Wildman–Crippen MR) is 67.4 cm³/mol. The number of rotatable bonds is 3. The zero-order chi connectivity index (χ0) is 12.1. The molecule has 0 aromatic rings. The number of nitrogens with one attached hydrogen (secondary N) is 1. The van der Waals surface area contributed by atoms with E-state index in [1.165, 1.54) is 19.3 Å². The highest BCUT2D eigenvalue weighted by Crippen LogP contribution is 2.30. The maximum Gasteiger partial charge on any atom is 0.317 e. The molecule has 1 N–H and O–H groups in total. The molecule has 1 aliphatic carbocycles. The minimum Gasteiger partial charge on any atom is -0.335 e. The Balaban J connectivity index is 2.52. The Labute approximate surface area is 99.6 Å². The van der Waals surface area contributed by atoms with Crippen molar-refractivity contribution in [3.05, 3.63) is 0 Å². The number of carbonyl (C=O) groups is 1. The Morgan fingerprint density at radius 3 is 2.56 bits per heavy atom. The maximum absolute atomic E-state index is 11.8. The first-order valence-corrected chi connectivity index (χ1v) is 6.57. The van der Waals surface area contributed by atoms with Crippen molar-refractivity contribution in [2.75, 3.05) is 13.6 Å². The molecule has 1 aliphatic rings. The summed E-state index contributed by atoms with van der Waals surface area (Å²) >= 11 is 0. The average Bonchev–Trinajstić information content (AvgIpc) is 2.28. The van der Waals surface area contributed by atoms with Gasteiger partial charge >= 0.3 is 6.03 Å². The van der Waals surface area contributed by atoms with Gasteiger partial charge in [-0.1, -0.05) is 26.7 Å². The van der Waals surface area contributed by atoms with Crippen LogP contribution in [0.2, 0.25) is 0 Å². The van der Waals surface area contributed by atoms with Crippen LogP contribution in [0.1, 0.15) is 46.5 Å². The van der Waals surface area contributed by atoms with Crippen LogP contribution in [-0.4, -0.2) is 30.6 Å². The molecule has 3 nitrogen and oxygen atoms in total. The summed E-state index contributed by atoms with van der Waals surface area (Å²) in [7, 11) is 1.85. The molecule has 2 atom stereocenters. The van der Waals surface area contributed by atoms with Crippen LogP contribution < -0.4 is 5.32 Å². The van der Waals surface area contributed by atoms with Crippen LogP contribution in [0.4, 0.5) is 4.79 Å². The lowest BCUT2D eigenvalue weighted by molar-refractivity contribution is 0.175. The van der Waals surface area contributed by atoms with Crippen LogP contribution >= 0.6 is 0 Å². The smallest absolute Gasteiger partial charge is 0.317 e. The van der Waals surface area contributed by atoms with Crippen LogP contribution in [-0.2, 0) is 0 Å². The van der Waals surface area contributed by atoms with Gasteiger partial charge in [0.15, 0.2) is 0 Å². The lowest BCUT2D eigenvalue weighted by Gasteiger charge is -2.35. The third kappa shape index (κ3) is 3.39. The summed E-state index contributed by atoms with van der Waals surface area (Å²) in [6.45, 7) is 7.29. The van der Waals surface area contributed by atoms with Crippen LogP contribution in [0.5, 0.6) is 0 Å². The molecule has 0 aromatic heterocycles. The molecule has 16 heavy (non-hydrogen) atoms. The molecule has 1 fully saturated rings. The van der Waals surface area contributed by atoms with Gasteiger partial charge in [0.05, 0.1) is 0 Å². The zero-order valence-electron chi connectivity index (χ0n) is 11.1. The minimum absolute atomic E-state index is 0.0834. The molecule has 0 heterocycles. The third-order valence-corrected chi connectivity index (χ3v) is 3.81. The molecular formula is C13H26N2O. The Kier molecular flexibility index (Phi) is 5.10. The van der Waals surface area contributed by atoms with Gasteiger partial charge in [-0.15, -0.1) is 0 Å². The van der Waals surface area contributed by atoms with Crippen LogP contribution in [0.15, 0.2) is 0 Å². The number of amides is 2. The summed E-state index contributed by atoms with van der Waals surface area (Å²) in [5.41, 5.74) is 0. The van der Waals surface area contributed by atoms with Gasteiger partial charge in [-0.25, -0.2) is 4.79 Å². The lowest BCUT2D eigenvalue weighted by atomic mass is 9.78. The number of hydrogen-bond acceptors (Lipinski definition) is 1. The van der Waals surface area contributed by atoms with Gasteiger partial charge in [-0.05, 0) is 31.6 Å². The highest BCUT2D eigenvalue weighted by molar-refractivity contribution is 5.74. The zero-order valence-corrected chi connectivity index (χ0v) is 11.1. The molecule has 1 rings (SSSR count). The number of nitrogens with zero attached hydrogens (tertiary/aromatic N) is 1. The Hall–Kier alpha value is -0.730. The summed E-state index contributed by atoms with van der Waals surface area (Å²) < 4.78 is 0. The lowest BCUT2D eigenvalue weighted by Crippen LogP contribution is -2.48. The van der Waals surface area contributed by atoms with Gasteiger partial charge in [0.25, 0.3) is 0 Å². The van der Waals surface area contributed by atoms with Crippen LogP contribution in [0, 0.1) is 11.8 Å². The van der Waals surface area contributed by atoms with E-state index in [2.05, 4.69) is 19.2 Å². The fourth-order valence-electron chi connectivity index (χ4n) is 2.55. The third-order valence-electron chi connectivity index (χ3n) is 3.81. The molecule has 2 amide bonds. The SMILES string of the molecule is CCN(C)C(=O)NC1CCCCC1C(C)C. The quantitative estimate of drug-likeness (QED) is 0.788. The van der Waals surface area contributed by atoms with E-state index >= 15 is 0 Å². The van der Waals surface area contributed by atoms with Crippen molar-refractivity contribution in [3.8, 4) is 0 Å². The largest absolute Gasteiger partial charge is 0.335 e. The van der Waals surface area contributed by atoms with Gasteiger partial charge < -0.3 is 10.2 Å². The van der Waals surface area contributed by atoms with E-state index in [1.54, 1.807) is 4.90 Å². The average molecular weight is 226 g/mol. The monoisotopic (exact) mass is 226 g/mol. The van der Waals surface area contributed by atoms with Crippen molar-refractivity contribution >= 4 is 6.03 Å². The molecule has 0 bridgehead atoms. The van der Waals surface area contributed by atoms with E-state index in [1.807, 2.05) is 14.0 Å². The van der Waals surface area contributed by atoms with Gasteiger partial charge in [0, 0.05) is 19.6 Å². The van der Waals surface area contributed by atoms with E-state index < -0.39 is 0 Å². The molecule has 0 aromatic carbocycles. The van der Waals surface area contributed by atoms with Crippen molar-refractivity contribution in [1.29, 1.82) is 0 Å². The first-order valence-electron chi connectivity index (χ1n) is 6.57. The fraction of sp³-hybridized carbons (Fsp3) is 0.923. The first kappa shape index (κ1) is 13.3. The predicted octanol–water partition coefficient (Wildman–Crippen LogP) is 2.86. The Bertz CT molecular complexity index is 228. The molecule has 94 valence electrons. The minimum atomic E-state index is 0.0834. The highest BCUT2D eigenvalue weighted by Gasteiger charge is 2.29. The molecule has 0 spiro atoms. The molecule has 0 aliphatic heterocycles. The van der Waals surface area contributed by atoms with E-state index in [9.17, 15) is 4.79 Å². The second-order valence-corrected chi connectivity index (χ2v) is 5.26. The Morgan fingerprint density at radius 1 is 1.38 bits per heavy atom. The summed E-state index contributed by atoms with van der Waals surface area (Å²) in [5.74, 6) is 1.32. The molecular weight excluding hydrogens is 200 g/mol. The summed E-state index contributed by atoms with van der Waals surface area (Å²) in [4.78, 5) is 13.6. The van der Waals surface area contributed by atoms with Gasteiger partial charge in [-0.3, -0.25) is 0 Å². The van der Waals surface area contributed by atoms with Gasteiger partial charge in [0.2, 0.25) is 0 Å². The number of hydrogen-bond donors (Lipinski definition) is 1. The molecule has 1 saturated carbocycles. The topological polar surface area (TPSA) is 32.3 Å². The second kappa shape index (κ2) is 6.12. The normalized spacial score (nSPS) is 25.6. The summed E-state index contributed by atoms with van der Waals surface area (Å²) in [5, 5.41) is 3.19. The summed E-state index contributed by atoms with van der Waals surface area (Å²) in [6.07, 6.45) is 4.98. The molecule has 3 heteroatoms. The van der Waals surface area contributed by atoms with Crippen molar-refractivity contribution in [1.82, 2.24) is 10.2 Å². The maximum atomic E-state index is 11.8. The summed E-state index contributed by atoms with van der Waals surface area (Å²) in [6, 6.07) is 0.468. The fourth-order valence-corrected chi connectivity index (χ4v) is 2.55. The molecule has 0 saturated heterocycles. The van der Waals surface area contributed by atoms with Crippen LogP contribution in [0.3, 0.4) is 0 Å². The van der Waals surface area contributed by atoms with Gasteiger partial charge in [-0.2, -0.15) is 0 Å². The first-order chi connectivity index (χ1) is 7.56. The van der Waals surface area contributed by atoms with E-state index in [-0.39, 0.29) is 6.03 Å². The Morgan fingerprint density at radius 2 is 2.00 bits per heavy atom.